The summed E-state index contributed by atoms with van der Waals surface area (Å²) in [5.41, 5.74) is 1.21. The Morgan fingerprint density at radius 1 is 1.19 bits per heavy atom. The van der Waals surface area contributed by atoms with Crippen molar-refractivity contribution in [2.75, 3.05) is 6.54 Å². The zero-order valence-corrected chi connectivity index (χ0v) is 14.8. The van der Waals surface area contributed by atoms with E-state index in [4.69, 9.17) is 0 Å². The lowest BCUT2D eigenvalue weighted by Crippen LogP contribution is -2.38. The standard InChI is InChI=1S/C21H20FN3O2/c22-15-6-3-5-14(11-15)12-16-7-4-10-25(16)20(26)13-19-17-8-1-2-9-18(17)21(27)24-23-19/h1-3,5-6,8-9,11,16H,4,7,10,12-13H2,(H,24,27)/t16-/m0/s1. The van der Waals surface area contributed by atoms with Gasteiger partial charge < -0.3 is 4.90 Å². The van der Waals surface area contributed by atoms with Crippen molar-refractivity contribution in [1.82, 2.24) is 15.1 Å². The van der Waals surface area contributed by atoms with Gasteiger partial charge in [0.2, 0.25) is 5.91 Å². The molecule has 1 N–H and O–H groups in total. The van der Waals surface area contributed by atoms with Crippen LogP contribution in [0.1, 0.15) is 24.1 Å². The fourth-order valence-electron chi connectivity index (χ4n) is 3.86. The molecule has 1 aromatic heterocycles. The summed E-state index contributed by atoms with van der Waals surface area (Å²) in [5, 5.41) is 7.82. The van der Waals surface area contributed by atoms with Crippen molar-refractivity contribution >= 4 is 16.7 Å². The predicted octanol–water partition coefficient (Wildman–Crippen LogP) is 2.84. The second-order valence-electron chi connectivity index (χ2n) is 6.94. The number of carbonyl (C=O) groups excluding carboxylic acids is 1. The van der Waals surface area contributed by atoms with Gasteiger partial charge in [-0.05, 0) is 43.0 Å². The Morgan fingerprint density at radius 3 is 2.81 bits per heavy atom. The molecule has 1 aliphatic heterocycles. The van der Waals surface area contributed by atoms with E-state index >= 15 is 0 Å². The van der Waals surface area contributed by atoms with E-state index in [9.17, 15) is 14.0 Å². The number of carbonyl (C=O) groups is 1. The number of rotatable bonds is 4. The van der Waals surface area contributed by atoms with Crippen LogP contribution in [-0.4, -0.2) is 33.6 Å². The van der Waals surface area contributed by atoms with Crippen LogP contribution < -0.4 is 5.56 Å². The van der Waals surface area contributed by atoms with Crippen molar-refractivity contribution in [3.63, 3.8) is 0 Å². The van der Waals surface area contributed by atoms with Gasteiger partial charge in [-0.3, -0.25) is 9.59 Å². The first kappa shape index (κ1) is 17.4. The molecule has 138 valence electrons. The van der Waals surface area contributed by atoms with E-state index in [1.54, 1.807) is 18.2 Å². The summed E-state index contributed by atoms with van der Waals surface area (Å²) in [6, 6.07) is 13.8. The average Bonchev–Trinajstić information content (AvgIpc) is 3.12. The number of hydrogen-bond acceptors (Lipinski definition) is 3. The molecule has 1 aliphatic rings. The van der Waals surface area contributed by atoms with Crippen LogP contribution in [0.2, 0.25) is 0 Å². The molecule has 6 heteroatoms. The zero-order chi connectivity index (χ0) is 18.8. The third-order valence-electron chi connectivity index (χ3n) is 5.15. The fourth-order valence-corrected chi connectivity index (χ4v) is 3.86. The van der Waals surface area contributed by atoms with E-state index in [0.717, 1.165) is 18.4 Å². The summed E-state index contributed by atoms with van der Waals surface area (Å²) in [5.74, 6) is -0.272. The number of hydrogen-bond donors (Lipinski definition) is 1. The molecule has 5 nitrogen and oxygen atoms in total. The lowest BCUT2D eigenvalue weighted by Gasteiger charge is -2.25. The van der Waals surface area contributed by atoms with Crippen LogP contribution in [0, 0.1) is 5.82 Å². The van der Waals surface area contributed by atoms with Crippen LogP contribution in [0.25, 0.3) is 10.8 Å². The van der Waals surface area contributed by atoms with Crippen LogP contribution in [0.4, 0.5) is 4.39 Å². The molecule has 0 aliphatic carbocycles. The van der Waals surface area contributed by atoms with Crippen molar-refractivity contribution < 1.29 is 9.18 Å². The second kappa shape index (κ2) is 7.31. The van der Waals surface area contributed by atoms with Crippen molar-refractivity contribution in [3.8, 4) is 0 Å². The number of fused-ring (bicyclic) bond motifs is 1. The normalized spacial score (nSPS) is 16.8. The maximum Gasteiger partial charge on any atom is 0.272 e. The fraction of sp³-hybridized carbons (Fsp3) is 0.286. The minimum absolute atomic E-state index is 0.0152. The molecular formula is C21H20FN3O2. The van der Waals surface area contributed by atoms with E-state index in [0.29, 0.717) is 29.4 Å². The summed E-state index contributed by atoms with van der Waals surface area (Å²) in [6.07, 6.45) is 2.62. The quantitative estimate of drug-likeness (QED) is 0.773. The van der Waals surface area contributed by atoms with Gasteiger partial charge in [0, 0.05) is 18.0 Å². The first-order valence-corrected chi connectivity index (χ1v) is 9.12. The molecule has 2 aromatic carbocycles. The van der Waals surface area contributed by atoms with E-state index in [2.05, 4.69) is 10.2 Å². The number of aromatic amines is 1. The highest BCUT2D eigenvalue weighted by Crippen LogP contribution is 2.23. The minimum Gasteiger partial charge on any atom is -0.339 e. The van der Waals surface area contributed by atoms with Crippen LogP contribution in [0.15, 0.2) is 53.3 Å². The Hall–Kier alpha value is -3.02. The van der Waals surface area contributed by atoms with Gasteiger partial charge in [-0.15, -0.1) is 0 Å². The summed E-state index contributed by atoms with van der Waals surface area (Å²) in [6.45, 7) is 0.695. The summed E-state index contributed by atoms with van der Waals surface area (Å²) in [7, 11) is 0. The highest BCUT2D eigenvalue weighted by atomic mass is 19.1. The number of nitrogens with zero attached hydrogens (tertiary/aromatic N) is 2. The van der Waals surface area contributed by atoms with Crippen molar-refractivity contribution in [1.29, 1.82) is 0 Å². The Labute approximate surface area is 155 Å². The molecule has 3 aromatic rings. The number of amides is 1. The average molecular weight is 365 g/mol. The molecule has 0 saturated carbocycles. The highest BCUT2D eigenvalue weighted by molar-refractivity contribution is 5.88. The number of likely N-dealkylation sites (tertiary alicyclic amines) is 1. The minimum atomic E-state index is -0.257. The van der Waals surface area contributed by atoms with Gasteiger partial charge in [0.25, 0.3) is 5.56 Å². The van der Waals surface area contributed by atoms with Crippen LogP contribution in [0.3, 0.4) is 0 Å². The van der Waals surface area contributed by atoms with Gasteiger partial charge in [0.1, 0.15) is 5.82 Å². The lowest BCUT2D eigenvalue weighted by molar-refractivity contribution is -0.131. The SMILES string of the molecule is O=C(Cc1n[nH]c(=O)c2ccccc12)N1CCC[C@H]1Cc1cccc(F)c1. The monoisotopic (exact) mass is 365 g/mol. The van der Waals surface area contributed by atoms with Gasteiger partial charge in [0.15, 0.2) is 0 Å². The Morgan fingerprint density at radius 2 is 2.00 bits per heavy atom. The maximum absolute atomic E-state index is 13.4. The predicted molar refractivity (Wildman–Crippen MR) is 101 cm³/mol. The molecule has 27 heavy (non-hydrogen) atoms. The molecule has 4 rings (SSSR count). The maximum atomic E-state index is 13.4. The largest absolute Gasteiger partial charge is 0.339 e. The first-order chi connectivity index (χ1) is 13.1. The molecule has 0 bridgehead atoms. The second-order valence-corrected chi connectivity index (χ2v) is 6.94. The molecule has 1 atom stereocenters. The molecule has 2 heterocycles. The van der Waals surface area contributed by atoms with Crippen LogP contribution in [0.5, 0.6) is 0 Å². The Balaban J connectivity index is 1.54. The number of aromatic nitrogens is 2. The summed E-state index contributed by atoms with van der Waals surface area (Å²) < 4.78 is 13.4. The lowest BCUT2D eigenvalue weighted by atomic mass is 10.0. The first-order valence-electron chi connectivity index (χ1n) is 9.12. The van der Waals surface area contributed by atoms with Gasteiger partial charge in [-0.2, -0.15) is 5.10 Å². The summed E-state index contributed by atoms with van der Waals surface area (Å²) in [4.78, 5) is 26.7. The molecule has 1 fully saturated rings. The number of nitrogens with one attached hydrogen (secondary N) is 1. The third-order valence-corrected chi connectivity index (χ3v) is 5.15. The molecule has 0 radical (unpaired) electrons. The highest BCUT2D eigenvalue weighted by Gasteiger charge is 2.29. The van der Waals surface area contributed by atoms with E-state index in [1.807, 2.05) is 23.1 Å². The topological polar surface area (TPSA) is 66.1 Å². The zero-order valence-electron chi connectivity index (χ0n) is 14.8. The molecule has 0 unspecified atom stereocenters. The van der Waals surface area contributed by atoms with Gasteiger partial charge in [-0.25, -0.2) is 9.49 Å². The van der Waals surface area contributed by atoms with E-state index in [-0.39, 0.29) is 29.7 Å². The van der Waals surface area contributed by atoms with Gasteiger partial charge in [-0.1, -0.05) is 30.3 Å². The van der Waals surface area contributed by atoms with Crippen molar-refractivity contribution in [2.24, 2.45) is 0 Å². The molecule has 0 spiro atoms. The Bertz CT molecular complexity index is 1050. The van der Waals surface area contributed by atoms with E-state index in [1.165, 1.54) is 12.1 Å². The van der Waals surface area contributed by atoms with Crippen LogP contribution in [-0.2, 0) is 17.6 Å². The van der Waals surface area contributed by atoms with Crippen molar-refractivity contribution in [3.05, 3.63) is 76.0 Å². The van der Waals surface area contributed by atoms with Crippen LogP contribution >= 0.6 is 0 Å². The Kier molecular flexibility index (Phi) is 4.71. The smallest absolute Gasteiger partial charge is 0.272 e. The number of H-pyrrole nitrogens is 1. The van der Waals surface area contributed by atoms with Gasteiger partial charge in [0.05, 0.1) is 17.5 Å². The number of halogens is 1. The van der Waals surface area contributed by atoms with Gasteiger partial charge >= 0.3 is 0 Å². The number of benzene rings is 2. The summed E-state index contributed by atoms with van der Waals surface area (Å²) >= 11 is 0. The van der Waals surface area contributed by atoms with E-state index < -0.39 is 0 Å². The van der Waals surface area contributed by atoms with Crippen molar-refractivity contribution in [2.45, 2.75) is 31.7 Å². The molecule has 1 saturated heterocycles. The molecule has 1 amide bonds. The third kappa shape index (κ3) is 3.60. The molecular weight excluding hydrogens is 345 g/mol.